The van der Waals surface area contributed by atoms with Crippen LogP contribution in [0.1, 0.15) is 25.0 Å². The summed E-state index contributed by atoms with van der Waals surface area (Å²) in [5, 5.41) is 0. The minimum Gasteiger partial charge on any atom is -0.423 e. The molecule has 0 saturated heterocycles. The summed E-state index contributed by atoms with van der Waals surface area (Å²) in [5.74, 6) is 0.287. The third-order valence-corrected chi connectivity index (χ3v) is 1.82. The van der Waals surface area contributed by atoms with E-state index in [0.717, 1.165) is 16.7 Å². The van der Waals surface area contributed by atoms with Gasteiger partial charge in [0.25, 0.3) is 0 Å². The lowest BCUT2D eigenvalue weighted by Crippen LogP contribution is -2.04. The van der Waals surface area contributed by atoms with Crippen molar-refractivity contribution in [1.82, 2.24) is 0 Å². The minimum atomic E-state index is -0.319. The zero-order valence-electron chi connectivity index (χ0n) is 9.63. The molecule has 0 aliphatic heterocycles. The fourth-order valence-corrected chi connectivity index (χ4v) is 1.37. The van der Waals surface area contributed by atoms with Crippen LogP contribution in [0.15, 0.2) is 29.8 Å². The molecule has 0 heterocycles. The third kappa shape index (κ3) is 3.98. The number of allylic oxidation sites excluding steroid dienone is 1. The Morgan fingerprint density at radius 2 is 1.67 bits per heavy atom. The van der Waals surface area contributed by atoms with E-state index in [9.17, 15) is 4.79 Å². The Bertz CT molecular complexity index is 379. The van der Waals surface area contributed by atoms with Crippen LogP contribution in [0.5, 0.6) is 5.75 Å². The summed E-state index contributed by atoms with van der Waals surface area (Å²) in [7, 11) is 0. The molecule has 0 fully saturated rings. The van der Waals surface area contributed by atoms with Crippen molar-refractivity contribution >= 4 is 5.97 Å². The Morgan fingerprint density at radius 1 is 1.13 bits per heavy atom. The molecule has 1 rings (SSSR count). The lowest BCUT2D eigenvalue weighted by Gasteiger charge is -2.04. The highest BCUT2D eigenvalue weighted by Crippen LogP contribution is 2.16. The predicted molar refractivity (Wildman–Crippen MR) is 61.0 cm³/mol. The topological polar surface area (TPSA) is 26.3 Å². The van der Waals surface area contributed by atoms with Crippen LogP contribution >= 0.6 is 0 Å². The molecule has 80 valence electrons. The number of rotatable bonds is 2. The molecule has 0 radical (unpaired) electrons. The first kappa shape index (κ1) is 11.5. The molecule has 0 N–H and O–H groups in total. The maximum Gasteiger partial charge on any atom is 0.336 e. The van der Waals surface area contributed by atoms with Gasteiger partial charge in [0.15, 0.2) is 0 Å². The van der Waals surface area contributed by atoms with E-state index >= 15 is 0 Å². The number of benzene rings is 1. The van der Waals surface area contributed by atoms with Crippen LogP contribution in [0.3, 0.4) is 0 Å². The largest absolute Gasteiger partial charge is 0.423 e. The molecule has 0 unspecified atom stereocenters. The summed E-state index contributed by atoms with van der Waals surface area (Å²) in [5.41, 5.74) is 3.12. The van der Waals surface area contributed by atoms with Crippen molar-refractivity contribution in [2.75, 3.05) is 0 Å². The summed E-state index contributed by atoms with van der Waals surface area (Å²) in [6, 6.07) is 5.74. The van der Waals surface area contributed by atoms with Crippen LogP contribution in [0, 0.1) is 13.8 Å². The maximum absolute atomic E-state index is 11.3. The molecule has 0 saturated carbocycles. The van der Waals surface area contributed by atoms with Gasteiger partial charge >= 0.3 is 5.97 Å². The van der Waals surface area contributed by atoms with Gasteiger partial charge in [0.05, 0.1) is 0 Å². The fraction of sp³-hybridized carbons (Fsp3) is 0.308. The van der Waals surface area contributed by atoms with Crippen molar-refractivity contribution in [1.29, 1.82) is 0 Å². The summed E-state index contributed by atoms with van der Waals surface area (Å²) in [4.78, 5) is 11.3. The SMILES string of the molecule is CC(C)=CC(=O)Oc1cc(C)cc(C)c1. The van der Waals surface area contributed by atoms with Gasteiger partial charge in [0.2, 0.25) is 0 Å². The molecular weight excluding hydrogens is 188 g/mol. The van der Waals surface area contributed by atoms with Crippen molar-refractivity contribution in [2.45, 2.75) is 27.7 Å². The van der Waals surface area contributed by atoms with Crippen molar-refractivity contribution in [3.63, 3.8) is 0 Å². The van der Waals surface area contributed by atoms with Gasteiger partial charge in [-0.2, -0.15) is 0 Å². The average molecular weight is 204 g/mol. The molecule has 0 aromatic heterocycles. The predicted octanol–water partition coefficient (Wildman–Crippen LogP) is 3.18. The zero-order chi connectivity index (χ0) is 11.4. The van der Waals surface area contributed by atoms with E-state index in [1.165, 1.54) is 6.08 Å². The van der Waals surface area contributed by atoms with Crippen molar-refractivity contribution < 1.29 is 9.53 Å². The van der Waals surface area contributed by atoms with Crippen molar-refractivity contribution in [3.05, 3.63) is 41.0 Å². The van der Waals surface area contributed by atoms with E-state index in [2.05, 4.69) is 0 Å². The first-order valence-corrected chi connectivity index (χ1v) is 4.92. The molecular formula is C13H16O2. The lowest BCUT2D eigenvalue weighted by molar-refractivity contribution is -0.129. The molecule has 0 aliphatic carbocycles. The Balaban J connectivity index is 2.81. The summed E-state index contributed by atoms with van der Waals surface area (Å²) in [6.07, 6.45) is 1.48. The standard InChI is InChI=1S/C13H16O2/c1-9(2)5-13(14)15-12-7-10(3)6-11(4)8-12/h5-8H,1-4H3. The lowest BCUT2D eigenvalue weighted by atomic mass is 10.1. The van der Waals surface area contributed by atoms with Crippen LogP contribution < -0.4 is 4.74 Å². The van der Waals surface area contributed by atoms with Gasteiger partial charge < -0.3 is 4.74 Å². The molecule has 0 amide bonds. The van der Waals surface area contributed by atoms with Gasteiger partial charge in [0.1, 0.15) is 5.75 Å². The Labute approximate surface area is 90.6 Å². The summed E-state index contributed by atoms with van der Waals surface area (Å²) in [6.45, 7) is 7.68. The van der Waals surface area contributed by atoms with E-state index < -0.39 is 0 Å². The second-order valence-corrected chi connectivity index (χ2v) is 3.97. The quantitative estimate of drug-likeness (QED) is 0.420. The highest BCUT2D eigenvalue weighted by atomic mass is 16.5. The van der Waals surface area contributed by atoms with E-state index in [1.807, 2.05) is 45.9 Å². The number of aryl methyl sites for hydroxylation is 2. The van der Waals surface area contributed by atoms with Crippen LogP contribution in [0.4, 0.5) is 0 Å². The molecule has 0 aliphatic rings. The number of carbonyl (C=O) groups is 1. The highest BCUT2D eigenvalue weighted by Gasteiger charge is 2.02. The van der Waals surface area contributed by atoms with Crippen molar-refractivity contribution in [3.8, 4) is 5.75 Å². The van der Waals surface area contributed by atoms with Crippen molar-refractivity contribution in [2.24, 2.45) is 0 Å². The molecule has 0 bridgehead atoms. The third-order valence-electron chi connectivity index (χ3n) is 1.82. The van der Waals surface area contributed by atoms with Crippen LogP contribution in [-0.2, 0) is 4.79 Å². The highest BCUT2D eigenvalue weighted by molar-refractivity contribution is 5.84. The van der Waals surface area contributed by atoms with E-state index in [-0.39, 0.29) is 5.97 Å². The summed E-state index contributed by atoms with van der Waals surface area (Å²) >= 11 is 0. The number of hydrogen-bond donors (Lipinski definition) is 0. The van der Waals surface area contributed by atoms with Crippen LogP contribution in [0.2, 0.25) is 0 Å². The molecule has 2 nitrogen and oxygen atoms in total. The zero-order valence-corrected chi connectivity index (χ0v) is 9.63. The minimum absolute atomic E-state index is 0.319. The van der Waals surface area contributed by atoms with Gasteiger partial charge in [-0.25, -0.2) is 4.79 Å². The molecule has 2 heteroatoms. The Kier molecular flexibility index (Phi) is 3.67. The molecule has 15 heavy (non-hydrogen) atoms. The molecule has 1 aromatic rings. The maximum atomic E-state index is 11.3. The van der Waals surface area contributed by atoms with E-state index in [0.29, 0.717) is 5.75 Å². The van der Waals surface area contributed by atoms with Gasteiger partial charge in [-0.15, -0.1) is 0 Å². The normalized spacial score (nSPS) is 9.60. The summed E-state index contributed by atoms with van der Waals surface area (Å²) < 4.78 is 5.17. The van der Waals surface area contributed by atoms with Gasteiger partial charge in [0, 0.05) is 6.08 Å². The first-order valence-electron chi connectivity index (χ1n) is 4.92. The van der Waals surface area contributed by atoms with E-state index in [4.69, 9.17) is 4.74 Å². The number of esters is 1. The average Bonchev–Trinajstić information content (AvgIpc) is 1.98. The molecule has 0 atom stereocenters. The Hall–Kier alpha value is -1.57. The fourth-order valence-electron chi connectivity index (χ4n) is 1.37. The Morgan fingerprint density at radius 3 is 2.13 bits per heavy atom. The second kappa shape index (κ2) is 4.78. The smallest absolute Gasteiger partial charge is 0.336 e. The number of hydrogen-bond acceptors (Lipinski definition) is 2. The van der Waals surface area contributed by atoms with Gasteiger partial charge in [-0.3, -0.25) is 0 Å². The first-order chi connectivity index (χ1) is 6.97. The monoisotopic (exact) mass is 204 g/mol. The van der Waals surface area contributed by atoms with Gasteiger partial charge in [-0.05, 0) is 51.0 Å². The number of carbonyl (C=O) groups excluding carboxylic acids is 1. The van der Waals surface area contributed by atoms with Crippen LogP contribution in [0.25, 0.3) is 0 Å². The van der Waals surface area contributed by atoms with Crippen LogP contribution in [-0.4, -0.2) is 5.97 Å². The second-order valence-electron chi connectivity index (χ2n) is 3.97. The number of ether oxygens (including phenoxy) is 1. The molecule has 1 aromatic carbocycles. The van der Waals surface area contributed by atoms with E-state index in [1.54, 1.807) is 0 Å². The molecule has 0 spiro atoms. The van der Waals surface area contributed by atoms with Gasteiger partial charge in [-0.1, -0.05) is 11.6 Å².